The zero-order valence-electron chi connectivity index (χ0n) is 14.0. The molecule has 0 aliphatic rings. The smallest absolute Gasteiger partial charge is 0.0488 e. The number of rotatable bonds is 4. The monoisotopic (exact) mass is 328 g/mol. The molecule has 0 spiro atoms. The molecule has 3 rings (SSSR count). The molecule has 0 saturated carbocycles. The van der Waals surface area contributed by atoms with E-state index in [9.17, 15) is 0 Å². The van der Waals surface area contributed by atoms with E-state index in [0.717, 1.165) is 13.0 Å². The summed E-state index contributed by atoms with van der Waals surface area (Å²) in [6.07, 6.45) is 0.924. The summed E-state index contributed by atoms with van der Waals surface area (Å²) >= 11 is 0. The zero-order chi connectivity index (χ0) is 15.7. The predicted octanol–water partition coefficient (Wildman–Crippen LogP) is 4.62. The van der Waals surface area contributed by atoms with Crippen molar-refractivity contribution in [3.8, 4) is 0 Å². The van der Waals surface area contributed by atoms with Gasteiger partial charge in [0.2, 0.25) is 0 Å². The van der Waals surface area contributed by atoms with E-state index in [-0.39, 0.29) is 18.4 Å². The summed E-state index contributed by atoms with van der Waals surface area (Å²) in [5, 5.41) is 1.35. The highest BCUT2D eigenvalue weighted by Crippen LogP contribution is 2.28. The van der Waals surface area contributed by atoms with Crippen LogP contribution in [0, 0.1) is 13.8 Å². The van der Waals surface area contributed by atoms with Gasteiger partial charge in [0, 0.05) is 29.2 Å². The van der Waals surface area contributed by atoms with Crippen LogP contribution in [0.3, 0.4) is 0 Å². The maximum Gasteiger partial charge on any atom is 0.0488 e. The second kappa shape index (κ2) is 7.20. The summed E-state index contributed by atoms with van der Waals surface area (Å²) in [4.78, 5) is 0. The summed E-state index contributed by atoms with van der Waals surface area (Å²) in [5.41, 5.74) is 12.7. The highest BCUT2D eigenvalue weighted by atomic mass is 35.5. The minimum Gasteiger partial charge on any atom is -0.340 e. The number of halogens is 1. The van der Waals surface area contributed by atoms with Crippen LogP contribution < -0.4 is 5.73 Å². The van der Waals surface area contributed by atoms with Crippen LogP contribution in [-0.4, -0.2) is 10.6 Å². The quantitative estimate of drug-likeness (QED) is 0.744. The zero-order valence-corrected chi connectivity index (χ0v) is 14.9. The van der Waals surface area contributed by atoms with E-state index in [2.05, 4.69) is 73.9 Å². The number of benzene rings is 2. The topological polar surface area (TPSA) is 30.9 Å². The summed E-state index contributed by atoms with van der Waals surface area (Å²) in [6, 6.07) is 17.5. The lowest BCUT2D eigenvalue weighted by molar-refractivity contribution is 0.724. The molecule has 3 heteroatoms. The minimum absolute atomic E-state index is 0. The molecule has 0 aliphatic carbocycles. The van der Waals surface area contributed by atoms with E-state index in [0.29, 0.717) is 0 Å². The average molecular weight is 329 g/mol. The summed E-state index contributed by atoms with van der Waals surface area (Å²) in [7, 11) is 0. The van der Waals surface area contributed by atoms with Gasteiger partial charge in [-0.25, -0.2) is 0 Å². The minimum atomic E-state index is 0. The first-order valence-corrected chi connectivity index (χ1v) is 7.94. The summed E-state index contributed by atoms with van der Waals surface area (Å²) < 4.78 is 2.42. The first kappa shape index (κ1) is 17.6. The second-order valence-electron chi connectivity index (χ2n) is 6.34. The third-order valence-corrected chi connectivity index (χ3v) is 4.32. The van der Waals surface area contributed by atoms with Crippen LogP contribution in [0.4, 0.5) is 0 Å². The lowest BCUT2D eigenvalue weighted by Gasteiger charge is -2.10. The molecule has 0 bridgehead atoms. The van der Waals surface area contributed by atoms with Gasteiger partial charge in [0.1, 0.15) is 0 Å². The Morgan fingerprint density at radius 2 is 1.74 bits per heavy atom. The fourth-order valence-corrected chi connectivity index (χ4v) is 3.21. The molecule has 0 radical (unpaired) electrons. The Bertz CT molecular complexity index is 788. The number of hydrogen-bond acceptors (Lipinski definition) is 1. The van der Waals surface area contributed by atoms with Crippen molar-refractivity contribution in [2.75, 3.05) is 0 Å². The van der Waals surface area contributed by atoms with Gasteiger partial charge in [0.05, 0.1) is 0 Å². The van der Waals surface area contributed by atoms with Gasteiger partial charge < -0.3 is 10.3 Å². The maximum atomic E-state index is 6.07. The van der Waals surface area contributed by atoms with Gasteiger partial charge in [-0.3, -0.25) is 0 Å². The molecular formula is C20H25ClN2. The number of nitrogens with two attached hydrogens (primary N) is 1. The Morgan fingerprint density at radius 3 is 2.39 bits per heavy atom. The van der Waals surface area contributed by atoms with E-state index in [1.54, 1.807) is 0 Å². The largest absolute Gasteiger partial charge is 0.340 e. The Labute approximate surface area is 144 Å². The van der Waals surface area contributed by atoms with Gasteiger partial charge in [0.25, 0.3) is 0 Å². The van der Waals surface area contributed by atoms with Gasteiger partial charge in [-0.2, -0.15) is 0 Å². The Hall–Kier alpha value is -1.77. The molecule has 1 aromatic heterocycles. The number of hydrogen-bond donors (Lipinski definition) is 1. The van der Waals surface area contributed by atoms with E-state index < -0.39 is 0 Å². The summed E-state index contributed by atoms with van der Waals surface area (Å²) in [5.74, 6) is 0. The molecule has 122 valence electrons. The standard InChI is InChI=1S/C20H24N2.ClH/c1-14-9-10-20-19(11-14)18(12-15(2)21)16(3)22(20)13-17-7-5-4-6-8-17;/h4-11,15H,12-13,21H2,1-3H3;1H. The second-order valence-corrected chi connectivity index (χ2v) is 6.34. The molecule has 23 heavy (non-hydrogen) atoms. The van der Waals surface area contributed by atoms with Gasteiger partial charge in [-0.1, -0.05) is 42.0 Å². The lowest BCUT2D eigenvalue weighted by Crippen LogP contribution is -2.18. The Balaban J connectivity index is 0.00000192. The van der Waals surface area contributed by atoms with E-state index >= 15 is 0 Å². The van der Waals surface area contributed by atoms with Crippen LogP contribution in [-0.2, 0) is 13.0 Å². The molecule has 0 aliphatic heterocycles. The van der Waals surface area contributed by atoms with Crippen molar-refractivity contribution in [2.45, 2.75) is 39.8 Å². The van der Waals surface area contributed by atoms with Crippen LogP contribution in [0.1, 0.15) is 29.3 Å². The maximum absolute atomic E-state index is 6.07. The molecule has 0 fully saturated rings. The Morgan fingerprint density at radius 1 is 1.04 bits per heavy atom. The van der Waals surface area contributed by atoms with E-state index in [4.69, 9.17) is 5.73 Å². The van der Waals surface area contributed by atoms with Crippen molar-refractivity contribution < 1.29 is 0 Å². The van der Waals surface area contributed by atoms with Crippen molar-refractivity contribution in [1.29, 1.82) is 0 Å². The molecule has 2 aromatic carbocycles. The van der Waals surface area contributed by atoms with Crippen molar-refractivity contribution in [1.82, 2.24) is 4.57 Å². The molecule has 0 saturated heterocycles. The van der Waals surface area contributed by atoms with E-state index in [1.165, 1.54) is 33.3 Å². The van der Waals surface area contributed by atoms with Crippen LogP contribution >= 0.6 is 12.4 Å². The van der Waals surface area contributed by atoms with Crippen molar-refractivity contribution in [3.63, 3.8) is 0 Å². The van der Waals surface area contributed by atoms with Gasteiger partial charge in [-0.15, -0.1) is 12.4 Å². The first-order chi connectivity index (χ1) is 10.6. The fraction of sp³-hybridized carbons (Fsp3) is 0.300. The van der Waals surface area contributed by atoms with Crippen LogP contribution in [0.2, 0.25) is 0 Å². The first-order valence-electron chi connectivity index (χ1n) is 7.94. The SMILES string of the molecule is Cc1ccc2c(c1)c(CC(C)N)c(C)n2Cc1ccccc1.Cl. The van der Waals surface area contributed by atoms with Crippen molar-refractivity contribution >= 4 is 23.3 Å². The molecule has 1 atom stereocenters. The molecule has 3 aromatic rings. The van der Waals surface area contributed by atoms with Crippen LogP contribution in [0.15, 0.2) is 48.5 Å². The van der Waals surface area contributed by atoms with Gasteiger partial charge in [-0.05, 0) is 50.5 Å². The molecular weight excluding hydrogens is 304 g/mol. The number of fused-ring (bicyclic) bond motifs is 1. The molecule has 1 heterocycles. The van der Waals surface area contributed by atoms with Crippen molar-refractivity contribution in [2.24, 2.45) is 5.73 Å². The highest BCUT2D eigenvalue weighted by Gasteiger charge is 2.15. The third-order valence-electron chi connectivity index (χ3n) is 4.32. The predicted molar refractivity (Wildman–Crippen MR) is 102 cm³/mol. The Kier molecular flexibility index (Phi) is 5.51. The summed E-state index contributed by atoms with van der Waals surface area (Å²) in [6.45, 7) is 7.36. The van der Waals surface area contributed by atoms with Crippen LogP contribution in [0.5, 0.6) is 0 Å². The van der Waals surface area contributed by atoms with Crippen molar-refractivity contribution in [3.05, 3.63) is 70.9 Å². The molecule has 2 nitrogen and oxygen atoms in total. The molecule has 0 amide bonds. The number of nitrogens with zero attached hydrogens (tertiary/aromatic N) is 1. The normalized spacial score (nSPS) is 12.2. The van der Waals surface area contributed by atoms with Gasteiger partial charge >= 0.3 is 0 Å². The lowest BCUT2D eigenvalue weighted by atomic mass is 10.0. The highest BCUT2D eigenvalue weighted by molar-refractivity contribution is 5.86. The number of aromatic nitrogens is 1. The van der Waals surface area contributed by atoms with E-state index in [1.807, 2.05) is 0 Å². The molecule has 1 unspecified atom stereocenters. The van der Waals surface area contributed by atoms with Gasteiger partial charge in [0.15, 0.2) is 0 Å². The average Bonchev–Trinajstić information content (AvgIpc) is 2.73. The fourth-order valence-electron chi connectivity index (χ4n) is 3.21. The molecule has 2 N–H and O–H groups in total. The number of aryl methyl sites for hydroxylation is 1. The van der Waals surface area contributed by atoms with Crippen LogP contribution in [0.25, 0.3) is 10.9 Å². The third kappa shape index (κ3) is 3.60.